The van der Waals surface area contributed by atoms with Gasteiger partial charge in [0.2, 0.25) is 0 Å². The number of hydrogen-bond acceptors (Lipinski definition) is 0. The fourth-order valence-electron chi connectivity index (χ4n) is 6.00. The van der Waals surface area contributed by atoms with Crippen LogP contribution in [0.1, 0.15) is 106 Å². The van der Waals surface area contributed by atoms with Crippen molar-refractivity contribution in [1.82, 2.24) is 0 Å². The SMILES string of the molecule is CCc1ccc(CCC2CCC(c3ccc(C4CCC(C)CC4)c(F)c3F)CC2)c(F)c1F. The van der Waals surface area contributed by atoms with Crippen LogP contribution in [0.25, 0.3) is 0 Å². The Balaban J connectivity index is 1.34. The summed E-state index contributed by atoms with van der Waals surface area (Å²) in [6, 6.07) is 7.04. The summed E-state index contributed by atoms with van der Waals surface area (Å²) in [6.45, 7) is 4.04. The molecule has 0 aromatic heterocycles. The quantitative estimate of drug-likeness (QED) is 0.377. The molecular formula is C29H36F4. The van der Waals surface area contributed by atoms with Crippen molar-refractivity contribution < 1.29 is 17.6 Å². The fraction of sp³-hybridized carbons (Fsp3) is 0.586. The first-order valence-corrected chi connectivity index (χ1v) is 12.8. The summed E-state index contributed by atoms with van der Waals surface area (Å²) in [5, 5.41) is 0. The van der Waals surface area contributed by atoms with Crippen molar-refractivity contribution in [1.29, 1.82) is 0 Å². The van der Waals surface area contributed by atoms with E-state index in [0.717, 1.165) is 57.8 Å². The third kappa shape index (κ3) is 5.30. The van der Waals surface area contributed by atoms with Crippen LogP contribution in [0.3, 0.4) is 0 Å². The second-order valence-corrected chi connectivity index (χ2v) is 10.5. The van der Waals surface area contributed by atoms with Crippen LogP contribution in [0, 0.1) is 35.1 Å². The van der Waals surface area contributed by atoms with Crippen LogP contribution in [0.4, 0.5) is 17.6 Å². The van der Waals surface area contributed by atoms with Gasteiger partial charge >= 0.3 is 0 Å². The van der Waals surface area contributed by atoms with Crippen molar-refractivity contribution in [2.45, 2.75) is 96.3 Å². The first-order valence-electron chi connectivity index (χ1n) is 12.8. The highest BCUT2D eigenvalue weighted by Gasteiger charge is 2.29. The number of rotatable bonds is 6. The van der Waals surface area contributed by atoms with Gasteiger partial charge in [0.25, 0.3) is 0 Å². The number of halogens is 4. The standard InChI is InChI=1S/C29H36F4/c1-3-20-14-15-23(27(31)26(20)30)13-8-19-6-11-22(12-7-19)25-17-16-24(28(32)29(25)33)21-9-4-18(2)5-10-21/h14-19,21-22H,3-13H2,1-2H3. The minimum absolute atomic E-state index is 0.0363. The minimum Gasteiger partial charge on any atom is -0.203 e. The predicted octanol–water partition coefficient (Wildman–Crippen LogP) is 9.01. The van der Waals surface area contributed by atoms with E-state index in [4.69, 9.17) is 0 Å². The number of hydrogen-bond donors (Lipinski definition) is 0. The maximum atomic E-state index is 15.0. The molecule has 0 spiro atoms. The van der Waals surface area contributed by atoms with Crippen LogP contribution in [-0.4, -0.2) is 0 Å². The van der Waals surface area contributed by atoms with Gasteiger partial charge in [-0.2, -0.15) is 0 Å². The lowest BCUT2D eigenvalue weighted by molar-refractivity contribution is 0.302. The van der Waals surface area contributed by atoms with Gasteiger partial charge in [-0.25, -0.2) is 17.6 Å². The molecule has 2 fully saturated rings. The maximum Gasteiger partial charge on any atom is 0.162 e. The van der Waals surface area contributed by atoms with E-state index >= 15 is 4.39 Å². The molecule has 0 bridgehead atoms. The Morgan fingerprint density at radius 1 is 0.636 bits per heavy atom. The Labute approximate surface area is 195 Å². The van der Waals surface area contributed by atoms with E-state index in [9.17, 15) is 13.2 Å². The zero-order chi connectivity index (χ0) is 23.5. The summed E-state index contributed by atoms with van der Waals surface area (Å²) in [7, 11) is 0. The van der Waals surface area contributed by atoms with Crippen molar-refractivity contribution >= 4 is 0 Å². The van der Waals surface area contributed by atoms with Crippen molar-refractivity contribution in [3.8, 4) is 0 Å². The van der Waals surface area contributed by atoms with E-state index in [1.165, 1.54) is 0 Å². The van der Waals surface area contributed by atoms with Gasteiger partial charge in [0.1, 0.15) is 0 Å². The highest BCUT2D eigenvalue weighted by atomic mass is 19.2. The molecule has 0 nitrogen and oxygen atoms in total. The van der Waals surface area contributed by atoms with Gasteiger partial charge in [0, 0.05) is 0 Å². The van der Waals surface area contributed by atoms with E-state index < -0.39 is 23.3 Å². The molecule has 2 aromatic rings. The first-order chi connectivity index (χ1) is 15.9. The highest BCUT2D eigenvalue weighted by molar-refractivity contribution is 5.32. The molecule has 0 radical (unpaired) electrons. The molecule has 0 N–H and O–H groups in total. The van der Waals surface area contributed by atoms with Crippen LogP contribution in [0.15, 0.2) is 24.3 Å². The predicted molar refractivity (Wildman–Crippen MR) is 125 cm³/mol. The molecule has 33 heavy (non-hydrogen) atoms. The summed E-state index contributed by atoms with van der Waals surface area (Å²) < 4.78 is 58.4. The average molecular weight is 461 g/mol. The molecule has 0 atom stereocenters. The molecule has 180 valence electrons. The molecule has 2 aliphatic carbocycles. The Morgan fingerprint density at radius 2 is 1.12 bits per heavy atom. The second kappa shape index (κ2) is 10.6. The molecule has 0 heterocycles. The zero-order valence-corrected chi connectivity index (χ0v) is 19.9. The summed E-state index contributed by atoms with van der Waals surface area (Å²) in [4.78, 5) is 0. The van der Waals surface area contributed by atoms with Crippen LogP contribution in [-0.2, 0) is 12.8 Å². The van der Waals surface area contributed by atoms with E-state index in [1.54, 1.807) is 12.1 Å². The van der Waals surface area contributed by atoms with Crippen LogP contribution < -0.4 is 0 Å². The lowest BCUT2D eigenvalue weighted by Gasteiger charge is -2.30. The minimum atomic E-state index is -0.720. The summed E-state index contributed by atoms with van der Waals surface area (Å²) in [6.07, 6.45) is 9.26. The third-order valence-corrected chi connectivity index (χ3v) is 8.33. The molecule has 4 heteroatoms. The molecule has 0 unspecified atom stereocenters. The van der Waals surface area contributed by atoms with Gasteiger partial charge in [-0.3, -0.25) is 0 Å². The molecular weight excluding hydrogens is 424 g/mol. The van der Waals surface area contributed by atoms with Gasteiger partial charge in [-0.15, -0.1) is 0 Å². The van der Waals surface area contributed by atoms with Gasteiger partial charge in [0.15, 0.2) is 23.3 Å². The van der Waals surface area contributed by atoms with E-state index in [2.05, 4.69) is 6.92 Å². The zero-order valence-electron chi connectivity index (χ0n) is 19.9. The summed E-state index contributed by atoms with van der Waals surface area (Å²) >= 11 is 0. The van der Waals surface area contributed by atoms with Crippen LogP contribution in [0.5, 0.6) is 0 Å². The number of benzene rings is 2. The largest absolute Gasteiger partial charge is 0.203 e. The molecule has 0 aliphatic heterocycles. The molecule has 0 amide bonds. The Kier molecular flexibility index (Phi) is 7.81. The molecule has 0 saturated heterocycles. The van der Waals surface area contributed by atoms with Gasteiger partial charge < -0.3 is 0 Å². The summed E-state index contributed by atoms with van der Waals surface area (Å²) in [5.41, 5.74) is 1.92. The van der Waals surface area contributed by atoms with Crippen molar-refractivity contribution in [2.24, 2.45) is 11.8 Å². The molecule has 2 aliphatic rings. The number of aryl methyl sites for hydroxylation is 2. The van der Waals surface area contributed by atoms with Crippen LogP contribution in [0.2, 0.25) is 0 Å². The van der Waals surface area contributed by atoms with E-state index in [-0.39, 0.29) is 11.8 Å². The van der Waals surface area contributed by atoms with Crippen molar-refractivity contribution in [3.05, 3.63) is 69.8 Å². The third-order valence-electron chi connectivity index (χ3n) is 8.33. The first kappa shape index (κ1) is 24.3. The van der Waals surface area contributed by atoms with Gasteiger partial charge in [-0.1, -0.05) is 51.0 Å². The van der Waals surface area contributed by atoms with E-state index in [0.29, 0.717) is 46.9 Å². The van der Waals surface area contributed by atoms with E-state index in [1.807, 2.05) is 19.1 Å². The van der Waals surface area contributed by atoms with Gasteiger partial charge in [0.05, 0.1) is 0 Å². The lowest BCUT2D eigenvalue weighted by atomic mass is 9.75. The molecule has 4 rings (SSSR count). The topological polar surface area (TPSA) is 0 Å². The van der Waals surface area contributed by atoms with Crippen molar-refractivity contribution in [3.63, 3.8) is 0 Å². The fourth-order valence-corrected chi connectivity index (χ4v) is 6.00. The smallest absolute Gasteiger partial charge is 0.162 e. The monoisotopic (exact) mass is 460 g/mol. The Bertz CT molecular complexity index is 951. The van der Waals surface area contributed by atoms with Gasteiger partial charge in [-0.05, 0) is 104 Å². The van der Waals surface area contributed by atoms with Crippen LogP contribution >= 0.6 is 0 Å². The second-order valence-electron chi connectivity index (χ2n) is 10.5. The highest BCUT2D eigenvalue weighted by Crippen LogP contribution is 2.42. The molecule has 2 saturated carbocycles. The Morgan fingerprint density at radius 3 is 1.67 bits per heavy atom. The average Bonchev–Trinajstić information content (AvgIpc) is 2.83. The Hall–Kier alpha value is -1.84. The normalized spacial score (nSPS) is 25.9. The maximum absolute atomic E-state index is 15.0. The lowest BCUT2D eigenvalue weighted by Crippen LogP contribution is -2.17. The molecule has 2 aromatic carbocycles. The summed E-state index contributed by atoms with van der Waals surface area (Å²) in [5.74, 6) is -1.46. The van der Waals surface area contributed by atoms with Crippen molar-refractivity contribution in [2.75, 3.05) is 0 Å².